The molecule has 2 aromatic carbocycles. The summed E-state index contributed by atoms with van der Waals surface area (Å²) in [7, 11) is 0.634. The van der Waals surface area contributed by atoms with Crippen molar-refractivity contribution in [3.8, 4) is 5.75 Å². The van der Waals surface area contributed by atoms with Crippen molar-refractivity contribution in [2.45, 2.75) is 11.8 Å². The maximum Gasteiger partial charge on any atom is 0.273 e. The topological polar surface area (TPSA) is 122 Å². The molecule has 1 amide bonds. The van der Waals surface area contributed by atoms with Crippen molar-refractivity contribution >= 4 is 38.9 Å². The fourth-order valence-corrected chi connectivity index (χ4v) is 4.45. The smallest absolute Gasteiger partial charge is 0.273 e. The van der Waals surface area contributed by atoms with Crippen LogP contribution in [0.2, 0.25) is 5.02 Å². The summed E-state index contributed by atoms with van der Waals surface area (Å²) in [5.41, 5.74) is -0.00669. The average molecular weight is 485 g/mol. The van der Waals surface area contributed by atoms with E-state index in [1.807, 2.05) is 19.0 Å². The van der Waals surface area contributed by atoms with Gasteiger partial charge in [0.1, 0.15) is 12.3 Å². The van der Waals surface area contributed by atoms with Crippen molar-refractivity contribution in [1.82, 2.24) is 10.2 Å². The molecular weight excluding hydrogens is 460 g/mol. The van der Waals surface area contributed by atoms with E-state index in [0.29, 0.717) is 18.7 Å². The Labute approximate surface area is 191 Å². The first-order valence-corrected chi connectivity index (χ1v) is 11.3. The summed E-state index contributed by atoms with van der Waals surface area (Å²) in [5, 5.41) is 14.2. The van der Waals surface area contributed by atoms with Gasteiger partial charge >= 0.3 is 0 Å². The molecule has 0 aliphatic carbocycles. The molecule has 0 saturated heterocycles. The minimum Gasteiger partial charge on any atom is -0.495 e. The second kappa shape index (κ2) is 10.6. The lowest BCUT2D eigenvalue weighted by molar-refractivity contribution is -0.385. The Kier molecular flexibility index (Phi) is 8.42. The molecule has 0 unspecified atom stereocenters. The minimum absolute atomic E-state index is 0.0333. The number of hydrogen-bond acceptors (Lipinski definition) is 7. The fraction of sp³-hybridized carbons (Fsp3) is 0.350. The zero-order valence-corrected chi connectivity index (χ0v) is 19.7. The third kappa shape index (κ3) is 6.09. The van der Waals surface area contributed by atoms with Crippen LogP contribution in [0.4, 0.5) is 11.4 Å². The Morgan fingerprint density at radius 3 is 2.50 bits per heavy atom. The van der Waals surface area contributed by atoms with E-state index in [0.717, 1.165) is 10.4 Å². The largest absolute Gasteiger partial charge is 0.495 e. The molecule has 0 fully saturated rings. The number of anilines is 1. The van der Waals surface area contributed by atoms with Gasteiger partial charge in [-0.2, -0.15) is 0 Å². The zero-order chi connectivity index (χ0) is 24.1. The summed E-state index contributed by atoms with van der Waals surface area (Å²) in [5.74, 6) is -0.389. The van der Waals surface area contributed by atoms with Crippen molar-refractivity contribution in [3.05, 3.63) is 57.1 Å². The number of nitro benzene ring substituents is 1. The molecule has 1 N–H and O–H groups in total. The predicted octanol–water partition coefficient (Wildman–Crippen LogP) is 2.44. The van der Waals surface area contributed by atoms with E-state index in [-0.39, 0.29) is 27.0 Å². The molecule has 0 aromatic heterocycles. The average Bonchev–Trinajstić information content (AvgIpc) is 2.71. The number of rotatable bonds is 10. The lowest BCUT2D eigenvalue weighted by Crippen LogP contribution is -2.42. The van der Waals surface area contributed by atoms with Gasteiger partial charge in [-0.05, 0) is 45.3 Å². The quantitative estimate of drug-likeness (QED) is 0.406. The van der Waals surface area contributed by atoms with Gasteiger partial charge < -0.3 is 15.0 Å². The summed E-state index contributed by atoms with van der Waals surface area (Å²) in [4.78, 5) is 24.8. The van der Waals surface area contributed by atoms with E-state index in [4.69, 9.17) is 16.3 Å². The van der Waals surface area contributed by atoms with Crippen LogP contribution < -0.4 is 14.4 Å². The fourth-order valence-electron chi connectivity index (χ4n) is 2.84. The Hall–Kier alpha value is -2.89. The standard InChI is InChI=1S/C20H25ClN4O6S/c1-14-5-7-16(12-17(14)25(27)28)32(29,30)24(13-20(26)22-9-10-23(2)3)18-11-15(21)6-8-19(18)31-4/h5-8,11-12H,9-10,13H2,1-4H3,(H,22,26). The van der Waals surface area contributed by atoms with Crippen LogP contribution in [0.1, 0.15) is 5.56 Å². The van der Waals surface area contributed by atoms with E-state index in [1.165, 1.54) is 44.4 Å². The van der Waals surface area contributed by atoms with Crippen LogP contribution in [-0.4, -0.2) is 65.0 Å². The Morgan fingerprint density at radius 1 is 1.22 bits per heavy atom. The van der Waals surface area contributed by atoms with Crippen LogP contribution in [0.5, 0.6) is 5.75 Å². The molecule has 0 aliphatic heterocycles. The molecule has 2 aromatic rings. The highest BCUT2D eigenvalue weighted by Crippen LogP contribution is 2.35. The van der Waals surface area contributed by atoms with Crippen LogP contribution >= 0.6 is 11.6 Å². The van der Waals surface area contributed by atoms with E-state index < -0.39 is 27.4 Å². The summed E-state index contributed by atoms with van der Waals surface area (Å²) < 4.78 is 33.2. The SMILES string of the molecule is COc1ccc(Cl)cc1N(CC(=O)NCCN(C)C)S(=O)(=O)c1ccc(C)c([N+](=O)[O-])c1. The first-order valence-electron chi connectivity index (χ1n) is 9.50. The van der Waals surface area contributed by atoms with Gasteiger partial charge in [0.25, 0.3) is 15.7 Å². The normalized spacial score (nSPS) is 11.3. The summed E-state index contributed by atoms with van der Waals surface area (Å²) in [6, 6.07) is 7.91. The number of sulfonamides is 1. The van der Waals surface area contributed by atoms with Crippen molar-refractivity contribution in [2.75, 3.05) is 45.1 Å². The lowest BCUT2D eigenvalue weighted by Gasteiger charge is -2.26. The summed E-state index contributed by atoms with van der Waals surface area (Å²) in [6.07, 6.45) is 0. The Morgan fingerprint density at radius 2 is 1.91 bits per heavy atom. The predicted molar refractivity (Wildman–Crippen MR) is 122 cm³/mol. The van der Waals surface area contributed by atoms with Gasteiger partial charge in [0.05, 0.1) is 22.6 Å². The molecule has 10 nitrogen and oxygen atoms in total. The molecule has 0 aliphatic rings. The van der Waals surface area contributed by atoms with E-state index >= 15 is 0 Å². The number of halogens is 1. The number of amides is 1. The summed E-state index contributed by atoms with van der Waals surface area (Å²) in [6.45, 7) is 1.80. The second-order valence-electron chi connectivity index (χ2n) is 7.19. The molecule has 174 valence electrons. The molecular formula is C20H25ClN4O6S. The second-order valence-corrected chi connectivity index (χ2v) is 9.49. The molecule has 2 rings (SSSR count). The lowest BCUT2D eigenvalue weighted by atomic mass is 10.2. The number of carbonyl (C=O) groups excluding carboxylic acids is 1. The van der Waals surface area contributed by atoms with Crippen molar-refractivity contribution < 1.29 is 22.9 Å². The van der Waals surface area contributed by atoms with Crippen LogP contribution in [0.15, 0.2) is 41.3 Å². The zero-order valence-electron chi connectivity index (χ0n) is 18.2. The Balaban J connectivity index is 2.55. The molecule has 12 heteroatoms. The van der Waals surface area contributed by atoms with Crippen LogP contribution in [0.25, 0.3) is 0 Å². The molecule has 0 saturated carbocycles. The number of hydrogen-bond donors (Lipinski definition) is 1. The minimum atomic E-state index is -4.39. The number of aryl methyl sites for hydroxylation is 1. The van der Waals surface area contributed by atoms with Gasteiger partial charge in [0, 0.05) is 29.7 Å². The number of nitro groups is 1. The van der Waals surface area contributed by atoms with Gasteiger partial charge in [-0.3, -0.25) is 19.2 Å². The van der Waals surface area contributed by atoms with Crippen LogP contribution in [0.3, 0.4) is 0 Å². The highest BCUT2D eigenvalue weighted by Gasteiger charge is 2.31. The van der Waals surface area contributed by atoms with Crippen molar-refractivity contribution in [2.24, 2.45) is 0 Å². The number of likely N-dealkylation sites (N-methyl/N-ethyl adjacent to an activating group) is 1. The van der Waals surface area contributed by atoms with Crippen molar-refractivity contribution in [3.63, 3.8) is 0 Å². The molecule has 0 spiro atoms. The van der Waals surface area contributed by atoms with Gasteiger partial charge in [-0.15, -0.1) is 0 Å². The van der Waals surface area contributed by atoms with Crippen LogP contribution in [-0.2, 0) is 14.8 Å². The van der Waals surface area contributed by atoms with Gasteiger partial charge in [0.15, 0.2) is 0 Å². The molecule has 0 radical (unpaired) electrons. The third-order valence-corrected chi connectivity index (χ3v) is 6.53. The summed E-state index contributed by atoms with van der Waals surface area (Å²) >= 11 is 6.08. The maximum atomic E-state index is 13.5. The maximum absolute atomic E-state index is 13.5. The molecule has 0 atom stereocenters. The third-order valence-electron chi connectivity index (χ3n) is 4.54. The van der Waals surface area contributed by atoms with E-state index in [1.54, 1.807) is 0 Å². The van der Waals surface area contributed by atoms with Gasteiger partial charge in [-0.25, -0.2) is 8.42 Å². The number of nitrogens with zero attached hydrogens (tertiary/aromatic N) is 3. The highest BCUT2D eigenvalue weighted by molar-refractivity contribution is 7.92. The monoisotopic (exact) mass is 484 g/mol. The van der Waals surface area contributed by atoms with Gasteiger partial charge in [0.2, 0.25) is 5.91 Å². The first kappa shape index (κ1) is 25.4. The van der Waals surface area contributed by atoms with Crippen molar-refractivity contribution in [1.29, 1.82) is 0 Å². The van der Waals surface area contributed by atoms with E-state index in [2.05, 4.69) is 5.32 Å². The first-order chi connectivity index (χ1) is 15.0. The molecule has 0 bridgehead atoms. The van der Waals surface area contributed by atoms with Gasteiger partial charge in [-0.1, -0.05) is 17.7 Å². The van der Waals surface area contributed by atoms with Crippen LogP contribution in [0, 0.1) is 17.0 Å². The number of nitrogens with one attached hydrogen (secondary N) is 1. The highest BCUT2D eigenvalue weighted by atomic mass is 35.5. The number of ether oxygens (including phenoxy) is 1. The van der Waals surface area contributed by atoms with E-state index in [9.17, 15) is 23.3 Å². The Bertz CT molecular complexity index is 1110. The number of carbonyl (C=O) groups is 1. The number of methoxy groups -OCH3 is 1. The molecule has 32 heavy (non-hydrogen) atoms. The molecule has 0 heterocycles. The number of benzene rings is 2.